The second-order valence-corrected chi connectivity index (χ2v) is 5.46. The number of anilines is 1. The van der Waals surface area contributed by atoms with Gasteiger partial charge in [0.2, 0.25) is 0 Å². The van der Waals surface area contributed by atoms with Crippen LogP contribution >= 0.6 is 0 Å². The van der Waals surface area contributed by atoms with E-state index in [-0.39, 0.29) is 6.04 Å². The van der Waals surface area contributed by atoms with E-state index in [2.05, 4.69) is 42.5 Å². The number of benzene rings is 1. The lowest BCUT2D eigenvalue weighted by Crippen LogP contribution is -2.19. The van der Waals surface area contributed by atoms with Gasteiger partial charge in [0.05, 0.1) is 12.6 Å². The highest BCUT2D eigenvalue weighted by molar-refractivity contribution is 5.43. The van der Waals surface area contributed by atoms with Crippen molar-refractivity contribution in [1.29, 1.82) is 0 Å². The van der Waals surface area contributed by atoms with E-state index in [1.807, 2.05) is 35.0 Å². The smallest absolute Gasteiger partial charge is 0.143 e. The number of hydrogen-bond donors (Lipinski definition) is 1. The summed E-state index contributed by atoms with van der Waals surface area (Å²) in [5, 5.41) is 7.66. The fourth-order valence-corrected chi connectivity index (χ4v) is 2.57. The molecule has 4 aromatic rings. The molecule has 0 saturated heterocycles. The molecule has 0 spiro atoms. The minimum atomic E-state index is -0.00608. The largest absolute Gasteiger partial charge is 0.361 e. The number of nitrogens with one attached hydrogen (secondary N) is 1. The highest BCUT2D eigenvalue weighted by Crippen LogP contribution is 2.20. The van der Waals surface area contributed by atoms with Crippen LogP contribution in [0.3, 0.4) is 0 Å². The molecule has 0 bridgehead atoms. The summed E-state index contributed by atoms with van der Waals surface area (Å²) in [5.74, 6) is 1.48. The summed E-state index contributed by atoms with van der Waals surface area (Å²) in [5.41, 5.74) is 1.14. The van der Waals surface area contributed by atoms with Gasteiger partial charge in [0.1, 0.15) is 36.9 Å². The normalized spacial score (nSPS) is 12.0. The number of rotatable bonds is 6. The van der Waals surface area contributed by atoms with E-state index in [1.165, 1.54) is 12.7 Å². The fourth-order valence-electron chi connectivity index (χ4n) is 2.57. The van der Waals surface area contributed by atoms with Crippen molar-refractivity contribution in [3.8, 4) is 5.82 Å². The van der Waals surface area contributed by atoms with Crippen molar-refractivity contribution in [2.45, 2.75) is 12.6 Å². The van der Waals surface area contributed by atoms with Gasteiger partial charge in [-0.3, -0.25) is 9.25 Å². The number of nitrogens with zero attached hydrogens (tertiary/aromatic N) is 7. The van der Waals surface area contributed by atoms with Crippen LogP contribution < -0.4 is 5.32 Å². The minimum Gasteiger partial charge on any atom is -0.361 e. The van der Waals surface area contributed by atoms with Gasteiger partial charge in [-0.05, 0) is 5.56 Å². The first-order valence-corrected chi connectivity index (χ1v) is 7.83. The van der Waals surface area contributed by atoms with Crippen LogP contribution in [-0.2, 0) is 6.54 Å². The molecule has 0 aliphatic carbocycles. The van der Waals surface area contributed by atoms with Gasteiger partial charge in [-0.1, -0.05) is 30.3 Å². The van der Waals surface area contributed by atoms with E-state index >= 15 is 0 Å². The SMILES string of the molecule is c1ccc([C@@H](Cn2cncn2)Nc2cc(-n3ccnc3)ncn2)cc1. The molecule has 3 heterocycles. The van der Waals surface area contributed by atoms with Crippen molar-refractivity contribution < 1.29 is 0 Å². The molecular weight excluding hydrogens is 316 g/mol. The Hall–Kier alpha value is -3.55. The maximum absolute atomic E-state index is 4.34. The predicted molar refractivity (Wildman–Crippen MR) is 92.0 cm³/mol. The predicted octanol–water partition coefficient (Wildman–Crippen LogP) is 2.11. The number of aromatic nitrogens is 7. The van der Waals surface area contributed by atoms with Crippen LogP contribution in [0.1, 0.15) is 11.6 Å². The Kier molecular flexibility index (Phi) is 4.15. The van der Waals surface area contributed by atoms with E-state index in [0.717, 1.165) is 17.2 Å². The molecule has 8 heteroatoms. The summed E-state index contributed by atoms with van der Waals surface area (Å²) >= 11 is 0. The Morgan fingerprint density at radius 1 is 1.00 bits per heavy atom. The highest BCUT2D eigenvalue weighted by atomic mass is 15.3. The molecule has 25 heavy (non-hydrogen) atoms. The third-order valence-electron chi connectivity index (χ3n) is 3.78. The van der Waals surface area contributed by atoms with Gasteiger partial charge in [0, 0.05) is 18.5 Å². The summed E-state index contributed by atoms with van der Waals surface area (Å²) < 4.78 is 3.63. The lowest BCUT2D eigenvalue weighted by atomic mass is 10.1. The third kappa shape index (κ3) is 3.52. The average molecular weight is 332 g/mol. The second-order valence-electron chi connectivity index (χ2n) is 5.46. The van der Waals surface area contributed by atoms with Gasteiger partial charge in [-0.2, -0.15) is 5.10 Å². The standard InChI is InChI=1S/C17H16N8/c1-2-4-14(5-3-1)15(9-25-13-19-10-22-25)23-16-8-17(21-11-20-16)24-7-6-18-12-24/h1-8,10-13,15H,9H2,(H,20,21,23)/t15-/m1/s1. The van der Waals surface area contributed by atoms with E-state index in [0.29, 0.717) is 6.54 Å². The van der Waals surface area contributed by atoms with Crippen molar-refractivity contribution in [2.24, 2.45) is 0 Å². The lowest BCUT2D eigenvalue weighted by molar-refractivity contribution is 0.548. The third-order valence-corrected chi connectivity index (χ3v) is 3.78. The van der Waals surface area contributed by atoms with Crippen molar-refractivity contribution >= 4 is 5.82 Å². The summed E-state index contributed by atoms with van der Waals surface area (Å²) in [6, 6.07) is 12.1. The molecule has 0 aliphatic rings. The fraction of sp³-hybridized carbons (Fsp3) is 0.118. The average Bonchev–Trinajstić information content (AvgIpc) is 3.36. The zero-order valence-corrected chi connectivity index (χ0v) is 13.3. The van der Waals surface area contributed by atoms with Gasteiger partial charge >= 0.3 is 0 Å². The molecule has 8 nitrogen and oxygen atoms in total. The topological polar surface area (TPSA) is 86.3 Å². The first kappa shape index (κ1) is 15.0. The van der Waals surface area contributed by atoms with E-state index in [4.69, 9.17) is 0 Å². The molecule has 4 rings (SSSR count). The van der Waals surface area contributed by atoms with Crippen LogP contribution in [0.15, 0.2) is 74.1 Å². The first-order chi connectivity index (χ1) is 12.4. The van der Waals surface area contributed by atoms with Gasteiger partial charge in [-0.25, -0.2) is 19.9 Å². The molecule has 0 radical (unpaired) electrons. The second kappa shape index (κ2) is 6.91. The molecule has 124 valence electrons. The monoisotopic (exact) mass is 332 g/mol. The van der Waals surface area contributed by atoms with Gasteiger partial charge in [-0.15, -0.1) is 0 Å². The van der Waals surface area contributed by atoms with Crippen LogP contribution in [0.5, 0.6) is 0 Å². The summed E-state index contributed by atoms with van der Waals surface area (Å²) in [6.45, 7) is 0.633. The number of imidazole rings is 1. The molecule has 1 N–H and O–H groups in total. The van der Waals surface area contributed by atoms with E-state index in [9.17, 15) is 0 Å². The van der Waals surface area contributed by atoms with Gasteiger partial charge in [0.15, 0.2) is 0 Å². The summed E-state index contributed by atoms with van der Waals surface area (Å²) in [4.78, 5) is 16.7. The molecule has 0 saturated carbocycles. The first-order valence-electron chi connectivity index (χ1n) is 7.83. The van der Waals surface area contributed by atoms with Crippen LogP contribution in [0.4, 0.5) is 5.82 Å². The molecule has 0 aliphatic heterocycles. The molecule has 1 atom stereocenters. The highest BCUT2D eigenvalue weighted by Gasteiger charge is 2.14. The molecule has 0 unspecified atom stereocenters. The van der Waals surface area contributed by atoms with Gasteiger partial charge in [0.25, 0.3) is 0 Å². The zero-order valence-electron chi connectivity index (χ0n) is 13.3. The van der Waals surface area contributed by atoms with Crippen molar-refractivity contribution in [2.75, 3.05) is 5.32 Å². The van der Waals surface area contributed by atoms with Crippen molar-refractivity contribution in [1.82, 2.24) is 34.3 Å². The van der Waals surface area contributed by atoms with Crippen LogP contribution in [-0.4, -0.2) is 34.3 Å². The molecule has 1 aromatic carbocycles. The number of hydrogen-bond acceptors (Lipinski definition) is 6. The maximum Gasteiger partial charge on any atom is 0.143 e. The lowest BCUT2D eigenvalue weighted by Gasteiger charge is -2.20. The zero-order chi connectivity index (χ0) is 16.9. The molecule has 0 amide bonds. The van der Waals surface area contributed by atoms with Crippen LogP contribution in [0.2, 0.25) is 0 Å². The van der Waals surface area contributed by atoms with Crippen molar-refractivity contribution in [3.05, 3.63) is 79.7 Å². The Morgan fingerprint density at radius 2 is 1.92 bits per heavy atom. The van der Waals surface area contributed by atoms with Crippen LogP contribution in [0, 0.1) is 0 Å². The summed E-state index contributed by atoms with van der Waals surface area (Å²) in [6.07, 6.45) is 10.0. The molecule has 3 aromatic heterocycles. The summed E-state index contributed by atoms with van der Waals surface area (Å²) in [7, 11) is 0. The molecule has 0 fully saturated rings. The Labute approximate surface area is 144 Å². The quantitative estimate of drug-likeness (QED) is 0.582. The van der Waals surface area contributed by atoms with E-state index in [1.54, 1.807) is 23.5 Å². The Bertz CT molecular complexity index is 903. The Balaban J connectivity index is 1.61. The molecular formula is C17H16N8. The van der Waals surface area contributed by atoms with E-state index < -0.39 is 0 Å². The van der Waals surface area contributed by atoms with Crippen LogP contribution in [0.25, 0.3) is 5.82 Å². The van der Waals surface area contributed by atoms with Gasteiger partial charge < -0.3 is 5.32 Å². The maximum atomic E-state index is 4.34. The minimum absolute atomic E-state index is 0.00608. The van der Waals surface area contributed by atoms with Crippen molar-refractivity contribution in [3.63, 3.8) is 0 Å². The Morgan fingerprint density at radius 3 is 2.68 bits per heavy atom.